The summed E-state index contributed by atoms with van der Waals surface area (Å²) < 4.78 is 0. The van der Waals surface area contributed by atoms with Gasteiger partial charge in [-0.15, -0.1) is 0 Å². The molecule has 4 aliphatic carbocycles. The van der Waals surface area contributed by atoms with Gasteiger partial charge in [0, 0.05) is 12.5 Å². The fraction of sp³-hybridized carbons (Fsp3) is 0.920. The van der Waals surface area contributed by atoms with Crippen LogP contribution in [0.4, 0.5) is 0 Å². The molecule has 7 atom stereocenters. The van der Waals surface area contributed by atoms with Crippen LogP contribution >= 0.6 is 0 Å². The third-order valence-corrected chi connectivity index (χ3v) is 9.90. The quantitative estimate of drug-likeness (QED) is 0.689. The van der Waals surface area contributed by atoms with Crippen molar-refractivity contribution in [2.75, 3.05) is 34.2 Å². The van der Waals surface area contributed by atoms with Crippen molar-refractivity contribution < 1.29 is 5.11 Å². The van der Waals surface area contributed by atoms with E-state index in [-0.39, 0.29) is 0 Å². The van der Waals surface area contributed by atoms with Gasteiger partial charge in [-0.1, -0.05) is 13.8 Å². The lowest BCUT2D eigenvalue weighted by Gasteiger charge is -2.60. The molecule has 0 aromatic heterocycles. The molecule has 0 bridgehead atoms. The molecule has 160 valence electrons. The van der Waals surface area contributed by atoms with Crippen LogP contribution in [0.2, 0.25) is 0 Å². The van der Waals surface area contributed by atoms with E-state index in [1.54, 1.807) is 0 Å². The van der Waals surface area contributed by atoms with Crippen molar-refractivity contribution in [2.45, 2.75) is 77.7 Å². The first-order valence-corrected chi connectivity index (χ1v) is 12.0. The fourth-order valence-electron chi connectivity index (χ4n) is 8.35. The molecule has 3 fully saturated rings. The Hall–Kier alpha value is -0.540. The SMILES string of the molecule is CN(C)CCCN(C)[C@H]1CC[C@H]2[C@@H]3CCC4CC(O)=CC[C@]4(C)[C@H]3CC[C@]12C. The highest BCUT2D eigenvalue weighted by Crippen LogP contribution is 2.66. The molecule has 28 heavy (non-hydrogen) atoms. The Bertz CT molecular complexity index is 601. The van der Waals surface area contributed by atoms with Crippen LogP contribution in [0.25, 0.3) is 0 Å². The summed E-state index contributed by atoms with van der Waals surface area (Å²) in [5, 5.41) is 10.1. The number of rotatable bonds is 5. The van der Waals surface area contributed by atoms with Gasteiger partial charge >= 0.3 is 0 Å². The van der Waals surface area contributed by atoms with Gasteiger partial charge in [0.1, 0.15) is 0 Å². The van der Waals surface area contributed by atoms with Crippen LogP contribution in [0.3, 0.4) is 0 Å². The average molecular weight is 389 g/mol. The normalized spacial score (nSPS) is 45.5. The summed E-state index contributed by atoms with van der Waals surface area (Å²) in [5.41, 5.74) is 0.954. The van der Waals surface area contributed by atoms with Gasteiger partial charge in [-0.25, -0.2) is 0 Å². The Morgan fingerprint density at radius 1 is 0.964 bits per heavy atom. The van der Waals surface area contributed by atoms with Crippen LogP contribution < -0.4 is 0 Å². The van der Waals surface area contributed by atoms with Gasteiger partial charge in [-0.2, -0.15) is 0 Å². The first-order chi connectivity index (χ1) is 13.3. The lowest BCUT2D eigenvalue weighted by atomic mass is 9.45. The number of fused-ring (bicyclic) bond motifs is 5. The van der Waals surface area contributed by atoms with E-state index >= 15 is 0 Å². The molecule has 3 saturated carbocycles. The van der Waals surface area contributed by atoms with E-state index in [2.05, 4.69) is 50.9 Å². The number of hydrogen-bond donors (Lipinski definition) is 1. The molecule has 0 heterocycles. The van der Waals surface area contributed by atoms with Crippen LogP contribution in [0, 0.1) is 34.5 Å². The monoisotopic (exact) mass is 388 g/mol. The van der Waals surface area contributed by atoms with Crippen LogP contribution in [0.5, 0.6) is 0 Å². The van der Waals surface area contributed by atoms with E-state index in [0.717, 1.165) is 36.6 Å². The molecule has 1 N–H and O–H groups in total. The van der Waals surface area contributed by atoms with Crippen molar-refractivity contribution >= 4 is 0 Å². The van der Waals surface area contributed by atoms with Crippen molar-refractivity contribution in [1.82, 2.24) is 9.80 Å². The summed E-state index contributed by atoms with van der Waals surface area (Å²) in [6, 6.07) is 0.779. The fourth-order valence-corrected chi connectivity index (χ4v) is 8.35. The summed E-state index contributed by atoms with van der Waals surface area (Å²) in [5.74, 6) is 4.11. The van der Waals surface area contributed by atoms with E-state index in [1.807, 2.05) is 0 Å². The van der Waals surface area contributed by atoms with Crippen LogP contribution in [0.15, 0.2) is 11.8 Å². The summed E-state index contributed by atoms with van der Waals surface area (Å²) in [7, 11) is 6.77. The van der Waals surface area contributed by atoms with E-state index in [9.17, 15) is 5.11 Å². The Balaban J connectivity index is 1.48. The summed E-state index contributed by atoms with van der Waals surface area (Å²) in [6.45, 7) is 7.65. The standard InChI is InChI=1S/C25H44N2O/c1-24-13-11-19(28)17-18(24)7-8-20-21-9-10-23(25(21,2)14-12-22(20)24)27(5)16-6-15-26(3)4/h11,18,20-23,28H,6-10,12-17H2,1-5H3/t18?,20-,21-,22-,23-,24-,25-/m0/s1. The maximum atomic E-state index is 10.1. The zero-order chi connectivity index (χ0) is 20.1. The largest absolute Gasteiger partial charge is 0.513 e. The highest BCUT2D eigenvalue weighted by Gasteiger charge is 2.60. The minimum absolute atomic E-state index is 0.437. The first kappa shape index (κ1) is 20.7. The van der Waals surface area contributed by atoms with Crippen molar-refractivity contribution in [1.29, 1.82) is 0 Å². The van der Waals surface area contributed by atoms with Crippen molar-refractivity contribution in [3.05, 3.63) is 11.8 Å². The van der Waals surface area contributed by atoms with Crippen molar-refractivity contribution in [3.63, 3.8) is 0 Å². The van der Waals surface area contributed by atoms with Crippen LogP contribution in [0.1, 0.15) is 71.6 Å². The molecule has 0 aromatic carbocycles. The molecule has 1 unspecified atom stereocenters. The van der Waals surface area contributed by atoms with Crippen molar-refractivity contribution in [3.8, 4) is 0 Å². The van der Waals surface area contributed by atoms with Gasteiger partial charge in [0.25, 0.3) is 0 Å². The zero-order valence-electron chi connectivity index (χ0n) is 19.1. The van der Waals surface area contributed by atoms with E-state index in [4.69, 9.17) is 0 Å². The highest BCUT2D eigenvalue weighted by atomic mass is 16.3. The maximum Gasteiger partial charge on any atom is 0.0886 e. The Morgan fingerprint density at radius 3 is 2.46 bits per heavy atom. The van der Waals surface area contributed by atoms with Gasteiger partial charge < -0.3 is 14.9 Å². The maximum absolute atomic E-state index is 10.1. The average Bonchev–Trinajstić information content (AvgIpc) is 2.99. The lowest BCUT2D eigenvalue weighted by molar-refractivity contribution is -0.103. The van der Waals surface area contributed by atoms with Gasteiger partial charge in [0.15, 0.2) is 0 Å². The molecule has 0 saturated heterocycles. The molecule has 0 spiro atoms. The summed E-state index contributed by atoms with van der Waals surface area (Å²) >= 11 is 0. The molecular weight excluding hydrogens is 344 g/mol. The van der Waals surface area contributed by atoms with E-state index < -0.39 is 0 Å². The molecule has 0 aromatic rings. The van der Waals surface area contributed by atoms with Gasteiger partial charge in [0.2, 0.25) is 0 Å². The predicted octanol–water partition coefficient (Wildman–Crippen LogP) is 5.33. The molecule has 0 amide bonds. The van der Waals surface area contributed by atoms with Crippen molar-refractivity contribution in [2.24, 2.45) is 34.5 Å². The number of allylic oxidation sites excluding steroid dienone is 2. The molecule has 3 heteroatoms. The molecule has 4 aliphatic rings. The number of nitrogens with zero attached hydrogens (tertiary/aromatic N) is 2. The molecule has 0 aliphatic heterocycles. The molecular formula is C25H44N2O. The highest BCUT2D eigenvalue weighted by molar-refractivity contribution is 5.14. The zero-order valence-corrected chi connectivity index (χ0v) is 19.1. The number of aliphatic hydroxyl groups excluding tert-OH is 1. The third kappa shape index (κ3) is 3.35. The Labute approximate surface area is 173 Å². The molecule has 3 nitrogen and oxygen atoms in total. The number of hydrogen-bond acceptors (Lipinski definition) is 3. The van der Waals surface area contributed by atoms with Gasteiger partial charge in [-0.05, 0) is 126 Å². The van der Waals surface area contributed by atoms with Crippen LogP contribution in [-0.2, 0) is 0 Å². The second-order valence-corrected chi connectivity index (χ2v) is 11.5. The van der Waals surface area contributed by atoms with E-state index in [1.165, 1.54) is 58.0 Å². The van der Waals surface area contributed by atoms with Gasteiger partial charge in [-0.3, -0.25) is 0 Å². The predicted molar refractivity (Wildman–Crippen MR) is 117 cm³/mol. The second kappa shape index (κ2) is 7.61. The minimum Gasteiger partial charge on any atom is -0.513 e. The Kier molecular flexibility index (Phi) is 5.64. The Morgan fingerprint density at radius 2 is 1.71 bits per heavy atom. The minimum atomic E-state index is 0.437. The molecule has 4 rings (SSSR count). The van der Waals surface area contributed by atoms with E-state index in [0.29, 0.717) is 22.5 Å². The lowest BCUT2D eigenvalue weighted by Crippen LogP contribution is -2.55. The smallest absolute Gasteiger partial charge is 0.0886 e. The summed E-state index contributed by atoms with van der Waals surface area (Å²) in [4.78, 5) is 5.03. The van der Waals surface area contributed by atoms with Gasteiger partial charge in [0.05, 0.1) is 5.76 Å². The summed E-state index contributed by atoms with van der Waals surface area (Å²) in [6.07, 6.45) is 13.9. The molecule has 0 radical (unpaired) electrons. The number of aliphatic hydroxyl groups is 1. The van der Waals surface area contributed by atoms with Crippen LogP contribution in [-0.4, -0.2) is 55.2 Å². The first-order valence-electron chi connectivity index (χ1n) is 12.0. The topological polar surface area (TPSA) is 26.7 Å². The third-order valence-electron chi connectivity index (χ3n) is 9.90. The second-order valence-electron chi connectivity index (χ2n) is 11.5.